The van der Waals surface area contributed by atoms with Crippen LogP contribution in [0.3, 0.4) is 0 Å². The average Bonchev–Trinajstić information content (AvgIpc) is 2.05. The Bertz CT molecular complexity index is 67.4. The van der Waals surface area contributed by atoms with Crippen LogP contribution in [0.15, 0.2) is 0 Å². The molecule has 3 N–H and O–H groups in total. The molecule has 1 nitrogen and oxygen atoms in total. The topological polar surface area (TPSA) is 35.0 Å². The molecule has 12 heavy (non-hydrogen) atoms. The largest absolute Gasteiger partial charge is 0.344 e. The van der Waals surface area contributed by atoms with Crippen molar-refractivity contribution in [3.8, 4) is 0 Å². The fourth-order valence-corrected chi connectivity index (χ4v) is 1.56. The Kier molecular flexibility index (Phi) is 13.2. The second-order valence-corrected chi connectivity index (χ2v) is 3.53. The van der Waals surface area contributed by atoms with Crippen LogP contribution in [0.25, 0.3) is 0 Å². The minimum absolute atomic E-state index is 0. The van der Waals surface area contributed by atoms with Gasteiger partial charge in [-0.3, -0.25) is 0 Å². The van der Waals surface area contributed by atoms with Crippen molar-refractivity contribution < 1.29 is 0 Å². The third kappa shape index (κ3) is 8.06. The van der Waals surface area contributed by atoms with Gasteiger partial charge in [-0.2, -0.15) is 0 Å². The summed E-state index contributed by atoms with van der Waals surface area (Å²) in [6.45, 7) is 6.90. The number of unbranched alkanes of at least 4 members (excludes halogenated alkanes) is 3. The van der Waals surface area contributed by atoms with Gasteiger partial charge in [-0.25, -0.2) is 0 Å². The lowest BCUT2D eigenvalue weighted by molar-refractivity contribution is 0.429. The molecule has 0 aromatic heterocycles. The molecule has 0 aromatic carbocycles. The summed E-state index contributed by atoms with van der Waals surface area (Å²) in [6.07, 6.45) is 9.93. The van der Waals surface area contributed by atoms with E-state index in [1.807, 2.05) is 0 Å². The summed E-state index contributed by atoms with van der Waals surface area (Å²) in [4.78, 5) is 0. The van der Waals surface area contributed by atoms with Crippen molar-refractivity contribution >= 4 is 0 Å². The van der Waals surface area contributed by atoms with Crippen molar-refractivity contribution in [3.05, 3.63) is 0 Å². The summed E-state index contributed by atoms with van der Waals surface area (Å²) in [5, 5.41) is 0. The third-order valence-corrected chi connectivity index (χ3v) is 2.62. The summed E-state index contributed by atoms with van der Waals surface area (Å²) in [6, 6.07) is 0. The zero-order valence-corrected chi connectivity index (χ0v) is 9.23. The molecule has 0 aromatic rings. The van der Waals surface area contributed by atoms with Crippen LogP contribution in [0.2, 0.25) is 0 Å². The Balaban J connectivity index is 0. The first kappa shape index (κ1) is 14.5. The number of rotatable bonds is 7. The highest BCUT2D eigenvalue weighted by atomic mass is 14.1. The Morgan fingerprint density at radius 2 is 1.42 bits per heavy atom. The molecule has 0 saturated heterocycles. The highest BCUT2D eigenvalue weighted by Crippen LogP contribution is 2.16. The first-order chi connectivity index (χ1) is 5.35. The second-order valence-electron chi connectivity index (χ2n) is 3.53. The fraction of sp³-hybridized carbons (Fsp3) is 1.00. The standard InChI is InChI=1S/C11H24.H3N/c1-4-7-8-9-10-11(5-2)6-3;/h11H,4-10H2,1-3H3;1H3. The van der Waals surface area contributed by atoms with E-state index in [2.05, 4.69) is 20.8 Å². The van der Waals surface area contributed by atoms with Gasteiger partial charge in [0.2, 0.25) is 0 Å². The first-order valence-corrected chi connectivity index (χ1v) is 5.35. The highest BCUT2D eigenvalue weighted by Gasteiger charge is 2.01. The first-order valence-electron chi connectivity index (χ1n) is 5.35. The van der Waals surface area contributed by atoms with Gasteiger partial charge in [-0.05, 0) is 5.92 Å². The van der Waals surface area contributed by atoms with Gasteiger partial charge in [0, 0.05) is 0 Å². The monoisotopic (exact) mass is 173 g/mol. The van der Waals surface area contributed by atoms with Crippen molar-refractivity contribution in [2.45, 2.75) is 65.7 Å². The molecule has 0 aliphatic heterocycles. The van der Waals surface area contributed by atoms with Crippen LogP contribution in [-0.2, 0) is 0 Å². The molecule has 0 spiro atoms. The van der Waals surface area contributed by atoms with Crippen molar-refractivity contribution in [1.82, 2.24) is 6.15 Å². The Morgan fingerprint density at radius 3 is 1.83 bits per heavy atom. The molecule has 0 atom stereocenters. The van der Waals surface area contributed by atoms with Gasteiger partial charge in [0.05, 0.1) is 0 Å². The normalized spacial score (nSPS) is 10.0. The highest BCUT2D eigenvalue weighted by molar-refractivity contribution is 4.54. The Morgan fingerprint density at radius 1 is 0.833 bits per heavy atom. The molecule has 0 saturated carbocycles. The van der Waals surface area contributed by atoms with Crippen molar-refractivity contribution in [1.29, 1.82) is 0 Å². The lowest BCUT2D eigenvalue weighted by Gasteiger charge is -2.10. The van der Waals surface area contributed by atoms with E-state index in [-0.39, 0.29) is 6.15 Å². The van der Waals surface area contributed by atoms with Gasteiger partial charge in [-0.15, -0.1) is 0 Å². The van der Waals surface area contributed by atoms with E-state index >= 15 is 0 Å². The van der Waals surface area contributed by atoms with Crippen LogP contribution in [0.4, 0.5) is 0 Å². The molecular formula is C11H27N. The third-order valence-electron chi connectivity index (χ3n) is 2.62. The SMILES string of the molecule is CCCCCCC(CC)CC.N. The van der Waals surface area contributed by atoms with E-state index < -0.39 is 0 Å². The predicted octanol–water partition coefficient (Wildman–Crippen LogP) is 4.56. The molecule has 0 unspecified atom stereocenters. The minimum atomic E-state index is 0. The Labute approximate surface area is 78.5 Å². The Hall–Kier alpha value is -0.0400. The van der Waals surface area contributed by atoms with Crippen molar-refractivity contribution in [3.63, 3.8) is 0 Å². The van der Waals surface area contributed by atoms with Crippen LogP contribution in [0, 0.1) is 5.92 Å². The summed E-state index contributed by atoms with van der Waals surface area (Å²) >= 11 is 0. The molecule has 76 valence electrons. The second kappa shape index (κ2) is 11.0. The quantitative estimate of drug-likeness (QED) is 0.563. The summed E-state index contributed by atoms with van der Waals surface area (Å²) in [7, 11) is 0. The lowest BCUT2D eigenvalue weighted by Crippen LogP contribution is -1.95. The molecular weight excluding hydrogens is 146 g/mol. The van der Waals surface area contributed by atoms with Crippen molar-refractivity contribution in [2.24, 2.45) is 5.92 Å². The maximum absolute atomic E-state index is 2.31. The van der Waals surface area contributed by atoms with Crippen LogP contribution in [-0.4, -0.2) is 0 Å². The van der Waals surface area contributed by atoms with Gasteiger partial charge in [0.25, 0.3) is 0 Å². The van der Waals surface area contributed by atoms with E-state index in [4.69, 9.17) is 0 Å². The van der Waals surface area contributed by atoms with E-state index in [0.29, 0.717) is 0 Å². The molecule has 1 heteroatoms. The number of hydrogen-bond acceptors (Lipinski definition) is 1. The molecule has 0 fully saturated rings. The van der Waals surface area contributed by atoms with E-state index in [1.54, 1.807) is 0 Å². The van der Waals surface area contributed by atoms with Crippen LogP contribution in [0.5, 0.6) is 0 Å². The van der Waals surface area contributed by atoms with Gasteiger partial charge in [0.15, 0.2) is 0 Å². The zero-order chi connectivity index (χ0) is 8.53. The zero-order valence-electron chi connectivity index (χ0n) is 9.23. The molecule has 0 rings (SSSR count). The van der Waals surface area contributed by atoms with Crippen LogP contribution in [0.1, 0.15) is 65.7 Å². The average molecular weight is 173 g/mol. The molecule has 0 amide bonds. The predicted molar refractivity (Wildman–Crippen MR) is 57.9 cm³/mol. The molecule has 0 aliphatic carbocycles. The van der Waals surface area contributed by atoms with Gasteiger partial charge in [-0.1, -0.05) is 65.7 Å². The van der Waals surface area contributed by atoms with E-state index in [0.717, 1.165) is 5.92 Å². The van der Waals surface area contributed by atoms with Crippen LogP contribution < -0.4 is 6.15 Å². The smallest absolute Gasteiger partial charge is 0.0420 e. The minimum Gasteiger partial charge on any atom is -0.344 e. The fourth-order valence-electron chi connectivity index (χ4n) is 1.56. The lowest BCUT2D eigenvalue weighted by atomic mass is 9.96. The molecule has 0 heterocycles. The molecule has 0 bridgehead atoms. The van der Waals surface area contributed by atoms with Gasteiger partial charge < -0.3 is 6.15 Å². The van der Waals surface area contributed by atoms with E-state index in [9.17, 15) is 0 Å². The maximum atomic E-state index is 2.31. The van der Waals surface area contributed by atoms with E-state index in [1.165, 1.54) is 44.9 Å². The molecule has 0 radical (unpaired) electrons. The van der Waals surface area contributed by atoms with Gasteiger partial charge in [0.1, 0.15) is 0 Å². The molecule has 0 aliphatic rings. The summed E-state index contributed by atoms with van der Waals surface area (Å²) < 4.78 is 0. The summed E-state index contributed by atoms with van der Waals surface area (Å²) in [5.41, 5.74) is 0. The van der Waals surface area contributed by atoms with Crippen LogP contribution >= 0.6 is 0 Å². The number of hydrogen-bond donors (Lipinski definition) is 1. The summed E-state index contributed by atoms with van der Waals surface area (Å²) in [5.74, 6) is 1.01. The van der Waals surface area contributed by atoms with Gasteiger partial charge >= 0.3 is 0 Å². The maximum Gasteiger partial charge on any atom is -0.0420 e. The van der Waals surface area contributed by atoms with Crippen molar-refractivity contribution in [2.75, 3.05) is 0 Å².